The van der Waals surface area contributed by atoms with E-state index in [9.17, 15) is 4.79 Å². The van der Waals surface area contributed by atoms with Gasteiger partial charge in [-0.15, -0.1) is 0 Å². The van der Waals surface area contributed by atoms with Crippen molar-refractivity contribution < 1.29 is 9.53 Å². The first-order chi connectivity index (χ1) is 8.79. The summed E-state index contributed by atoms with van der Waals surface area (Å²) in [7, 11) is 0. The van der Waals surface area contributed by atoms with E-state index in [1.54, 1.807) is 0 Å². The normalized spacial score (nSPS) is 19.6. The van der Waals surface area contributed by atoms with Crippen molar-refractivity contribution in [2.24, 2.45) is 5.92 Å². The van der Waals surface area contributed by atoms with E-state index in [1.807, 2.05) is 17.9 Å². The second-order valence-corrected chi connectivity index (χ2v) is 4.84. The molecule has 1 aromatic carbocycles. The van der Waals surface area contributed by atoms with Gasteiger partial charge in [-0.25, -0.2) is 4.79 Å². The van der Waals surface area contributed by atoms with Gasteiger partial charge in [-0.3, -0.25) is 0 Å². The molecule has 98 valence electrons. The number of piperidine rings is 1. The number of likely N-dealkylation sites (tertiary alicyclic amines) is 1. The molecule has 1 aliphatic heterocycles. The number of carbonyl (C=O) groups excluding carboxylic acids is 1. The molecule has 1 fully saturated rings. The quantitative estimate of drug-likeness (QED) is 0.821. The molecule has 0 N–H and O–H groups in total. The summed E-state index contributed by atoms with van der Waals surface area (Å²) in [6, 6.07) is 10.5. The molecule has 0 radical (unpaired) electrons. The van der Waals surface area contributed by atoms with Crippen molar-refractivity contribution in [3.05, 3.63) is 35.9 Å². The minimum Gasteiger partial charge on any atom is -0.450 e. The van der Waals surface area contributed by atoms with Gasteiger partial charge >= 0.3 is 6.09 Å². The Hall–Kier alpha value is -1.51. The van der Waals surface area contributed by atoms with E-state index in [1.165, 1.54) is 12.0 Å². The lowest BCUT2D eigenvalue weighted by Gasteiger charge is -2.32. The van der Waals surface area contributed by atoms with Gasteiger partial charge in [-0.1, -0.05) is 30.3 Å². The molecule has 1 aromatic rings. The van der Waals surface area contributed by atoms with Crippen LogP contribution in [-0.2, 0) is 11.2 Å². The molecule has 1 amide bonds. The summed E-state index contributed by atoms with van der Waals surface area (Å²) in [5.74, 6) is 0.561. The van der Waals surface area contributed by atoms with Crippen molar-refractivity contribution >= 4 is 6.09 Å². The van der Waals surface area contributed by atoms with Crippen LogP contribution in [0.5, 0.6) is 0 Å². The van der Waals surface area contributed by atoms with Crippen LogP contribution in [0.4, 0.5) is 4.79 Å². The second kappa shape index (κ2) is 6.43. The lowest BCUT2D eigenvalue weighted by Crippen LogP contribution is -2.40. The summed E-state index contributed by atoms with van der Waals surface area (Å²) in [5.41, 5.74) is 1.35. The molecule has 3 nitrogen and oxygen atoms in total. The highest BCUT2D eigenvalue weighted by Crippen LogP contribution is 2.21. The van der Waals surface area contributed by atoms with Crippen molar-refractivity contribution in [1.29, 1.82) is 0 Å². The van der Waals surface area contributed by atoms with Crippen LogP contribution in [0.15, 0.2) is 30.3 Å². The molecule has 0 spiro atoms. The van der Waals surface area contributed by atoms with Crippen molar-refractivity contribution in [2.45, 2.75) is 26.2 Å². The van der Waals surface area contributed by atoms with Crippen LogP contribution in [0.2, 0.25) is 0 Å². The standard InChI is InChI=1S/C15H21NO2/c1-2-18-15(17)16-10-6-9-14(12-16)11-13-7-4-3-5-8-13/h3-5,7-8,14H,2,6,9-12H2,1H3/t14-/m1/s1. The van der Waals surface area contributed by atoms with Gasteiger partial charge in [0.1, 0.15) is 0 Å². The van der Waals surface area contributed by atoms with E-state index in [0.29, 0.717) is 12.5 Å². The molecular formula is C15H21NO2. The Morgan fingerprint density at radius 1 is 1.39 bits per heavy atom. The number of amides is 1. The Morgan fingerprint density at radius 3 is 2.89 bits per heavy atom. The highest BCUT2D eigenvalue weighted by Gasteiger charge is 2.24. The van der Waals surface area contributed by atoms with Gasteiger partial charge in [-0.05, 0) is 37.7 Å². The number of ether oxygens (including phenoxy) is 1. The maximum Gasteiger partial charge on any atom is 0.409 e. The minimum atomic E-state index is -0.157. The molecule has 0 bridgehead atoms. The Kier molecular flexibility index (Phi) is 4.62. The highest BCUT2D eigenvalue weighted by molar-refractivity contribution is 5.67. The molecule has 0 unspecified atom stereocenters. The monoisotopic (exact) mass is 247 g/mol. The summed E-state index contributed by atoms with van der Waals surface area (Å²) in [6.45, 7) is 3.97. The van der Waals surface area contributed by atoms with E-state index in [2.05, 4.69) is 24.3 Å². The van der Waals surface area contributed by atoms with Gasteiger partial charge in [0.05, 0.1) is 6.61 Å². The zero-order valence-electron chi connectivity index (χ0n) is 11.0. The largest absolute Gasteiger partial charge is 0.450 e. The third kappa shape index (κ3) is 3.49. The first-order valence-electron chi connectivity index (χ1n) is 6.75. The van der Waals surface area contributed by atoms with Crippen molar-refractivity contribution in [3.63, 3.8) is 0 Å². The van der Waals surface area contributed by atoms with Crippen LogP contribution in [0.25, 0.3) is 0 Å². The molecule has 2 rings (SSSR count). The zero-order chi connectivity index (χ0) is 12.8. The fourth-order valence-corrected chi connectivity index (χ4v) is 2.56. The number of rotatable bonds is 3. The molecule has 1 heterocycles. The fraction of sp³-hybridized carbons (Fsp3) is 0.533. The van der Waals surface area contributed by atoms with Crippen molar-refractivity contribution in [2.75, 3.05) is 19.7 Å². The molecular weight excluding hydrogens is 226 g/mol. The van der Waals surface area contributed by atoms with Crippen LogP contribution in [-0.4, -0.2) is 30.7 Å². The number of hydrogen-bond donors (Lipinski definition) is 0. The Balaban J connectivity index is 1.89. The van der Waals surface area contributed by atoms with E-state index >= 15 is 0 Å². The molecule has 18 heavy (non-hydrogen) atoms. The predicted molar refractivity (Wildman–Crippen MR) is 71.5 cm³/mol. The van der Waals surface area contributed by atoms with Gasteiger partial charge in [-0.2, -0.15) is 0 Å². The molecule has 0 saturated carbocycles. The van der Waals surface area contributed by atoms with Crippen LogP contribution in [0, 0.1) is 5.92 Å². The molecule has 1 atom stereocenters. The van der Waals surface area contributed by atoms with Crippen LogP contribution in [0.3, 0.4) is 0 Å². The Bertz CT molecular complexity index is 377. The summed E-state index contributed by atoms with van der Waals surface area (Å²) >= 11 is 0. The van der Waals surface area contributed by atoms with E-state index in [-0.39, 0.29) is 6.09 Å². The minimum absolute atomic E-state index is 0.157. The van der Waals surface area contributed by atoms with Gasteiger partial charge in [0.2, 0.25) is 0 Å². The predicted octanol–water partition coefficient (Wildman–Crippen LogP) is 3.10. The lowest BCUT2D eigenvalue weighted by atomic mass is 9.91. The van der Waals surface area contributed by atoms with Gasteiger partial charge in [0.15, 0.2) is 0 Å². The third-order valence-electron chi connectivity index (χ3n) is 3.41. The lowest BCUT2D eigenvalue weighted by molar-refractivity contribution is 0.0883. The van der Waals surface area contributed by atoms with Gasteiger partial charge in [0, 0.05) is 13.1 Å². The van der Waals surface area contributed by atoms with Crippen LogP contribution >= 0.6 is 0 Å². The fourth-order valence-electron chi connectivity index (χ4n) is 2.56. The van der Waals surface area contributed by atoms with E-state index in [0.717, 1.165) is 25.9 Å². The Morgan fingerprint density at radius 2 is 2.17 bits per heavy atom. The maximum absolute atomic E-state index is 11.7. The summed E-state index contributed by atoms with van der Waals surface area (Å²) in [4.78, 5) is 13.5. The summed E-state index contributed by atoms with van der Waals surface area (Å²) in [5, 5.41) is 0. The number of carbonyl (C=O) groups is 1. The molecule has 0 aliphatic carbocycles. The average Bonchev–Trinajstić information content (AvgIpc) is 2.40. The molecule has 0 aromatic heterocycles. The topological polar surface area (TPSA) is 29.5 Å². The second-order valence-electron chi connectivity index (χ2n) is 4.84. The summed E-state index contributed by atoms with van der Waals surface area (Å²) in [6.07, 6.45) is 3.17. The van der Waals surface area contributed by atoms with Crippen LogP contribution < -0.4 is 0 Å². The highest BCUT2D eigenvalue weighted by atomic mass is 16.6. The maximum atomic E-state index is 11.7. The smallest absolute Gasteiger partial charge is 0.409 e. The van der Waals surface area contributed by atoms with Crippen LogP contribution in [0.1, 0.15) is 25.3 Å². The molecule has 1 saturated heterocycles. The zero-order valence-corrected chi connectivity index (χ0v) is 11.0. The number of nitrogens with zero attached hydrogens (tertiary/aromatic N) is 1. The third-order valence-corrected chi connectivity index (χ3v) is 3.41. The van der Waals surface area contributed by atoms with E-state index in [4.69, 9.17) is 4.74 Å². The first-order valence-corrected chi connectivity index (χ1v) is 6.75. The van der Waals surface area contributed by atoms with Gasteiger partial charge < -0.3 is 9.64 Å². The molecule has 3 heteroatoms. The van der Waals surface area contributed by atoms with Gasteiger partial charge in [0.25, 0.3) is 0 Å². The van der Waals surface area contributed by atoms with Crippen molar-refractivity contribution in [1.82, 2.24) is 4.90 Å². The van der Waals surface area contributed by atoms with E-state index < -0.39 is 0 Å². The van der Waals surface area contributed by atoms with Crippen molar-refractivity contribution in [3.8, 4) is 0 Å². The SMILES string of the molecule is CCOC(=O)N1CCC[C@H](Cc2ccccc2)C1. The Labute approximate surface area is 109 Å². The summed E-state index contributed by atoms with van der Waals surface area (Å²) < 4.78 is 5.07. The molecule has 1 aliphatic rings. The average molecular weight is 247 g/mol. The number of benzene rings is 1. The first kappa shape index (κ1) is 12.9. The number of hydrogen-bond acceptors (Lipinski definition) is 2.